The van der Waals surface area contributed by atoms with Gasteiger partial charge in [-0.2, -0.15) is 0 Å². The normalized spacial score (nSPS) is 24.7. The molecule has 28 heavy (non-hydrogen) atoms. The lowest BCUT2D eigenvalue weighted by Gasteiger charge is -2.36. The molecule has 0 aromatic heterocycles. The van der Waals surface area contributed by atoms with Gasteiger partial charge in [0.25, 0.3) is 5.91 Å². The van der Waals surface area contributed by atoms with Crippen molar-refractivity contribution in [3.8, 4) is 0 Å². The highest BCUT2D eigenvalue weighted by atomic mass is 16.5. The number of hydrogen-bond acceptors (Lipinski definition) is 5. The van der Waals surface area contributed by atoms with Gasteiger partial charge in [-0.1, -0.05) is 37.6 Å². The second-order valence-corrected chi connectivity index (χ2v) is 7.17. The Balaban J connectivity index is 1.71. The monoisotopic (exact) mass is 385 g/mol. The van der Waals surface area contributed by atoms with Crippen LogP contribution in [0.4, 0.5) is 5.69 Å². The van der Waals surface area contributed by atoms with E-state index in [9.17, 15) is 20.1 Å². The maximum Gasteiger partial charge on any atom is 0.255 e. The van der Waals surface area contributed by atoms with Crippen LogP contribution >= 0.6 is 0 Å². The molecule has 150 valence electrons. The van der Waals surface area contributed by atoms with Crippen LogP contribution in [-0.2, 0) is 11.2 Å². The maximum atomic E-state index is 12.6. The molecule has 0 bridgehead atoms. The molecule has 1 aliphatic rings. The van der Waals surface area contributed by atoms with Crippen LogP contribution in [-0.4, -0.2) is 46.1 Å². The lowest BCUT2D eigenvalue weighted by Crippen LogP contribution is -2.47. The first-order chi connectivity index (χ1) is 13.5. The van der Waals surface area contributed by atoms with Gasteiger partial charge in [0.2, 0.25) is 0 Å². The van der Waals surface area contributed by atoms with Crippen LogP contribution in [0.2, 0.25) is 0 Å². The summed E-state index contributed by atoms with van der Waals surface area (Å²) < 4.78 is 5.70. The van der Waals surface area contributed by atoms with Crippen molar-refractivity contribution < 1.29 is 24.9 Å². The van der Waals surface area contributed by atoms with E-state index in [4.69, 9.17) is 4.74 Å². The van der Waals surface area contributed by atoms with Crippen LogP contribution in [0.25, 0.3) is 0 Å². The van der Waals surface area contributed by atoms with Crippen molar-refractivity contribution in [2.24, 2.45) is 0 Å². The lowest BCUT2D eigenvalue weighted by molar-refractivity contribution is -0.181. The Morgan fingerprint density at radius 3 is 2.61 bits per heavy atom. The van der Waals surface area contributed by atoms with Gasteiger partial charge in [-0.3, -0.25) is 4.79 Å². The van der Waals surface area contributed by atoms with Crippen LogP contribution in [0.3, 0.4) is 0 Å². The quantitative estimate of drug-likeness (QED) is 0.612. The van der Waals surface area contributed by atoms with Gasteiger partial charge in [0, 0.05) is 17.7 Å². The Kier molecular flexibility index (Phi) is 6.80. The van der Waals surface area contributed by atoms with Gasteiger partial charge in [-0.05, 0) is 41.8 Å². The number of aliphatic hydroxyl groups is 3. The number of ether oxygens (including phenoxy) is 1. The molecule has 0 radical (unpaired) electrons. The van der Waals surface area contributed by atoms with Gasteiger partial charge in [-0.15, -0.1) is 0 Å². The lowest BCUT2D eigenvalue weighted by atomic mass is 9.93. The molecular formula is C22H27NO5. The summed E-state index contributed by atoms with van der Waals surface area (Å²) in [5.41, 5.74) is 3.15. The summed E-state index contributed by atoms with van der Waals surface area (Å²) in [5, 5.41) is 32.1. The Labute approximate surface area is 164 Å². The largest absolute Gasteiger partial charge is 0.394 e. The zero-order valence-electron chi connectivity index (χ0n) is 15.9. The summed E-state index contributed by atoms with van der Waals surface area (Å²) in [4.78, 5) is 12.6. The summed E-state index contributed by atoms with van der Waals surface area (Å²) >= 11 is 0. The molecular weight excluding hydrogens is 358 g/mol. The van der Waals surface area contributed by atoms with E-state index >= 15 is 0 Å². The maximum absolute atomic E-state index is 12.6. The molecule has 6 heteroatoms. The van der Waals surface area contributed by atoms with E-state index in [1.165, 1.54) is 5.56 Å². The minimum atomic E-state index is -1.12. The van der Waals surface area contributed by atoms with Crippen LogP contribution in [0.15, 0.2) is 48.5 Å². The van der Waals surface area contributed by atoms with Crippen LogP contribution in [0.5, 0.6) is 0 Å². The molecule has 1 saturated heterocycles. The van der Waals surface area contributed by atoms with E-state index in [1.54, 1.807) is 24.3 Å². The molecule has 2 aromatic rings. The van der Waals surface area contributed by atoms with Gasteiger partial charge in [0.1, 0.15) is 12.2 Å². The number of benzene rings is 2. The Bertz CT molecular complexity index is 792. The zero-order valence-corrected chi connectivity index (χ0v) is 15.9. The van der Waals surface area contributed by atoms with Crippen molar-refractivity contribution in [1.82, 2.24) is 0 Å². The number of rotatable bonds is 6. The number of aliphatic hydroxyl groups excluding tert-OH is 3. The number of carbonyl (C=O) groups excluding carboxylic acids is 1. The number of nitrogens with one attached hydrogen (secondary N) is 1. The molecule has 4 unspecified atom stereocenters. The van der Waals surface area contributed by atoms with E-state index in [2.05, 4.69) is 12.2 Å². The second kappa shape index (κ2) is 9.30. The molecule has 1 heterocycles. The summed E-state index contributed by atoms with van der Waals surface area (Å²) in [6, 6.07) is 14.8. The first-order valence-electron chi connectivity index (χ1n) is 9.64. The minimum absolute atomic E-state index is 0.196. The number of aryl methyl sites for hydroxylation is 1. The van der Waals surface area contributed by atoms with Gasteiger partial charge in [0.05, 0.1) is 18.8 Å². The highest BCUT2D eigenvalue weighted by molar-refractivity contribution is 6.04. The molecule has 3 rings (SSSR count). The fraction of sp³-hybridized carbons (Fsp3) is 0.409. The molecule has 1 amide bonds. The number of hydrogen-bond donors (Lipinski definition) is 4. The van der Waals surface area contributed by atoms with Crippen LogP contribution in [0.1, 0.15) is 47.4 Å². The standard InChI is InChI=1S/C22H27NO5/c1-2-4-14-7-9-17(10-8-14)23-22(27)16-6-3-5-15(11-16)19-12-18(25)21(26)20(13-24)28-19/h3,5-11,18-21,24-26H,2,4,12-13H2,1H3,(H,23,27). The summed E-state index contributed by atoms with van der Waals surface area (Å²) in [7, 11) is 0. The van der Waals surface area contributed by atoms with E-state index in [1.807, 2.05) is 24.3 Å². The first kappa shape index (κ1) is 20.5. The van der Waals surface area contributed by atoms with Gasteiger partial charge in [-0.25, -0.2) is 0 Å². The van der Waals surface area contributed by atoms with Crippen LogP contribution in [0, 0.1) is 0 Å². The third-order valence-corrected chi connectivity index (χ3v) is 5.02. The first-order valence-corrected chi connectivity index (χ1v) is 9.64. The Morgan fingerprint density at radius 2 is 1.93 bits per heavy atom. The van der Waals surface area contributed by atoms with Crippen molar-refractivity contribution in [3.05, 3.63) is 65.2 Å². The van der Waals surface area contributed by atoms with E-state index < -0.39 is 24.4 Å². The molecule has 0 spiro atoms. The molecule has 0 aliphatic carbocycles. The molecule has 2 aromatic carbocycles. The van der Waals surface area contributed by atoms with Crippen molar-refractivity contribution in [2.45, 2.75) is 50.6 Å². The number of carbonyl (C=O) groups is 1. The van der Waals surface area contributed by atoms with Gasteiger partial charge >= 0.3 is 0 Å². The molecule has 4 atom stereocenters. The van der Waals surface area contributed by atoms with Crippen molar-refractivity contribution in [2.75, 3.05) is 11.9 Å². The topological polar surface area (TPSA) is 99.0 Å². The highest BCUT2D eigenvalue weighted by Crippen LogP contribution is 2.32. The molecule has 1 aliphatic heterocycles. The molecule has 0 saturated carbocycles. The van der Waals surface area contributed by atoms with Crippen molar-refractivity contribution in [3.63, 3.8) is 0 Å². The zero-order chi connectivity index (χ0) is 20.1. The predicted molar refractivity (Wildman–Crippen MR) is 106 cm³/mol. The second-order valence-electron chi connectivity index (χ2n) is 7.17. The number of anilines is 1. The van der Waals surface area contributed by atoms with Gasteiger partial charge in [0.15, 0.2) is 0 Å². The Morgan fingerprint density at radius 1 is 1.18 bits per heavy atom. The highest BCUT2D eigenvalue weighted by Gasteiger charge is 2.37. The smallest absolute Gasteiger partial charge is 0.255 e. The predicted octanol–water partition coefficient (Wildman–Crippen LogP) is 2.44. The summed E-state index contributed by atoms with van der Waals surface area (Å²) in [6.45, 7) is 1.74. The van der Waals surface area contributed by atoms with Crippen LogP contribution < -0.4 is 5.32 Å². The summed E-state index contributed by atoms with van der Waals surface area (Å²) in [6.07, 6.45) is -1.19. The Hall–Kier alpha value is -2.25. The van der Waals surface area contributed by atoms with E-state index in [0.717, 1.165) is 24.1 Å². The molecule has 4 N–H and O–H groups in total. The number of amides is 1. The third kappa shape index (κ3) is 4.77. The van der Waals surface area contributed by atoms with Crippen molar-refractivity contribution in [1.29, 1.82) is 0 Å². The van der Waals surface area contributed by atoms with Crippen molar-refractivity contribution >= 4 is 11.6 Å². The fourth-order valence-corrected chi connectivity index (χ4v) is 3.45. The fourth-order valence-electron chi connectivity index (χ4n) is 3.45. The van der Waals surface area contributed by atoms with Gasteiger partial charge < -0.3 is 25.4 Å². The minimum Gasteiger partial charge on any atom is -0.394 e. The molecule has 6 nitrogen and oxygen atoms in total. The van der Waals surface area contributed by atoms with E-state index in [0.29, 0.717) is 5.56 Å². The third-order valence-electron chi connectivity index (χ3n) is 5.02. The summed E-state index contributed by atoms with van der Waals surface area (Å²) in [5.74, 6) is -0.236. The SMILES string of the molecule is CCCc1ccc(NC(=O)c2cccc(C3CC(O)C(O)C(CO)O3)c2)cc1. The van der Waals surface area contributed by atoms with E-state index in [-0.39, 0.29) is 18.9 Å². The molecule has 1 fully saturated rings. The average Bonchev–Trinajstić information content (AvgIpc) is 2.71. The average molecular weight is 385 g/mol.